The van der Waals surface area contributed by atoms with Gasteiger partial charge in [-0.3, -0.25) is 4.79 Å². The van der Waals surface area contributed by atoms with E-state index in [4.69, 9.17) is 5.11 Å². The zero-order valence-electron chi connectivity index (χ0n) is 10.3. The molecule has 2 aromatic rings. The van der Waals surface area contributed by atoms with E-state index >= 15 is 0 Å². The number of hydrogen-bond donors (Lipinski definition) is 1. The SMILES string of the molecule is CC(C)c1ncc2c(=O)c(C(=O)O)cn(C)c2n1. The van der Waals surface area contributed by atoms with Gasteiger partial charge in [-0.25, -0.2) is 14.8 Å². The predicted molar refractivity (Wildman–Crippen MR) is 65.8 cm³/mol. The maximum absolute atomic E-state index is 11.9. The second-order valence-corrected chi connectivity index (χ2v) is 4.41. The molecule has 0 atom stereocenters. The van der Waals surface area contributed by atoms with Crippen LogP contribution in [-0.2, 0) is 7.05 Å². The molecule has 6 heteroatoms. The zero-order chi connectivity index (χ0) is 13.4. The summed E-state index contributed by atoms with van der Waals surface area (Å²) in [5.41, 5.74) is -0.375. The monoisotopic (exact) mass is 247 g/mol. The number of aromatic carboxylic acids is 1. The van der Waals surface area contributed by atoms with Crippen molar-refractivity contribution in [1.82, 2.24) is 14.5 Å². The lowest BCUT2D eigenvalue weighted by atomic mass is 10.2. The number of aryl methyl sites for hydroxylation is 1. The number of carboxylic acids is 1. The molecule has 0 aliphatic carbocycles. The molecule has 0 amide bonds. The lowest BCUT2D eigenvalue weighted by Crippen LogP contribution is -2.19. The first-order chi connectivity index (χ1) is 8.41. The third-order valence-electron chi connectivity index (χ3n) is 2.68. The van der Waals surface area contributed by atoms with Crippen LogP contribution in [0.3, 0.4) is 0 Å². The Bertz CT molecular complexity index is 689. The van der Waals surface area contributed by atoms with E-state index in [-0.39, 0.29) is 16.9 Å². The molecule has 0 aliphatic rings. The molecule has 0 aromatic carbocycles. The number of pyridine rings is 1. The fourth-order valence-electron chi connectivity index (χ4n) is 1.70. The van der Waals surface area contributed by atoms with E-state index in [1.807, 2.05) is 13.8 Å². The standard InChI is InChI=1S/C12H13N3O3/c1-6(2)10-13-4-7-9(16)8(12(17)18)5-15(3)11(7)14-10/h4-6H,1-3H3,(H,17,18). The Morgan fingerprint density at radius 3 is 2.67 bits per heavy atom. The first-order valence-electron chi connectivity index (χ1n) is 5.51. The Morgan fingerprint density at radius 1 is 1.44 bits per heavy atom. The number of carboxylic acid groups (broad SMARTS) is 1. The second kappa shape index (κ2) is 4.21. The van der Waals surface area contributed by atoms with Gasteiger partial charge < -0.3 is 9.67 Å². The summed E-state index contributed by atoms with van der Waals surface area (Å²) < 4.78 is 1.54. The van der Waals surface area contributed by atoms with E-state index < -0.39 is 11.4 Å². The van der Waals surface area contributed by atoms with Crippen LogP contribution in [-0.4, -0.2) is 25.6 Å². The highest BCUT2D eigenvalue weighted by Gasteiger charge is 2.15. The molecule has 1 N–H and O–H groups in total. The highest BCUT2D eigenvalue weighted by atomic mass is 16.4. The lowest BCUT2D eigenvalue weighted by Gasteiger charge is -2.08. The molecule has 94 valence electrons. The van der Waals surface area contributed by atoms with Crippen LogP contribution in [0.5, 0.6) is 0 Å². The van der Waals surface area contributed by atoms with Crippen LogP contribution in [0.4, 0.5) is 0 Å². The van der Waals surface area contributed by atoms with E-state index in [0.29, 0.717) is 11.5 Å². The molecule has 0 saturated carbocycles. The van der Waals surface area contributed by atoms with Gasteiger partial charge >= 0.3 is 5.97 Å². The van der Waals surface area contributed by atoms with Gasteiger partial charge in [0.1, 0.15) is 17.0 Å². The normalized spacial score (nSPS) is 11.1. The van der Waals surface area contributed by atoms with Crippen LogP contribution in [0.25, 0.3) is 11.0 Å². The van der Waals surface area contributed by atoms with Gasteiger partial charge in [-0.1, -0.05) is 13.8 Å². The molecule has 0 unspecified atom stereocenters. The van der Waals surface area contributed by atoms with Gasteiger partial charge in [-0.2, -0.15) is 0 Å². The van der Waals surface area contributed by atoms with Crippen LogP contribution in [0.2, 0.25) is 0 Å². The molecule has 6 nitrogen and oxygen atoms in total. The van der Waals surface area contributed by atoms with Crippen molar-refractivity contribution < 1.29 is 9.90 Å². The summed E-state index contributed by atoms with van der Waals surface area (Å²) in [7, 11) is 1.66. The molecule has 0 radical (unpaired) electrons. The molecule has 2 rings (SSSR count). The molecule has 0 saturated heterocycles. The summed E-state index contributed by atoms with van der Waals surface area (Å²) in [5, 5.41) is 9.16. The Balaban J connectivity index is 2.84. The quantitative estimate of drug-likeness (QED) is 0.860. The molecule has 0 aliphatic heterocycles. The first-order valence-corrected chi connectivity index (χ1v) is 5.51. The highest BCUT2D eigenvalue weighted by molar-refractivity contribution is 5.91. The van der Waals surface area contributed by atoms with Gasteiger partial charge in [0.05, 0.1) is 5.39 Å². The maximum atomic E-state index is 11.9. The molecule has 0 fully saturated rings. The van der Waals surface area contributed by atoms with Crippen LogP contribution in [0.15, 0.2) is 17.2 Å². The Kier molecular flexibility index (Phi) is 2.86. The minimum absolute atomic E-state index is 0.142. The fraction of sp³-hybridized carbons (Fsp3) is 0.333. The van der Waals surface area contributed by atoms with E-state index in [0.717, 1.165) is 0 Å². The molecule has 18 heavy (non-hydrogen) atoms. The van der Waals surface area contributed by atoms with Gasteiger partial charge in [-0.15, -0.1) is 0 Å². The Morgan fingerprint density at radius 2 is 2.11 bits per heavy atom. The van der Waals surface area contributed by atoms with Gasteiger partial charge in [0, 0.05) is 25.4 Å². The van der Waals surface area contributed by atoms with E-state index in [2.05, 4.69) is 9.97 Å². The summed E-state index contributed by atoms with van der Waals surface area (Å²) in [6.45, 7) is 3.90. The van der Waals surface area contributed by atoms with E-state index in [1.165, 1.54) is 17.0 Å². The highest BCUT2D eigenvalue weighted by Crippen LogP contribution is 2.13. The molecule has 2 aromatic heterocycles. The van der Waals surface area contributed by atoms with Crippen LogP contribution in [0.1, 0.15) is 35.9 Å². The van der Waals surface area contributed by atoms with Crippen molar-refractivity contribution in [3.05, 3.63) is 34.0 Å². The smallest absolute Gasteiger partial charge is 0.341 e. The van der Waals surface area contributed by atoms with Crippen molar-refractivity contribution in [2.75, 3.05) is 0 Å². The van der Waals surface area contributed by atoms with Crippen molar-refractivity contribution >= 4 is 17.0 Å². The molecule has 2 heterocycles. The van der Waals surface area contributed by atoms with Gasteiger partial charge in [0.2, 0.25) is 5.43 Å². The Labute approximate surface area is 103 Å². The molecule has 0 bridgehead atoms. The van der Waals surface area contributed by atoms with E-state index in [9.17, 15) is 9.59 Å². The third-order valence-corrected chi connectivity index (χ3v) is 2.68. The number of fused-ring (bicyclic) bond motifs is 1. The van der Waals surface area contributed by atoms with Crippen LogP contribution < -0.4 is 5.43 Å². The summed E-state index contributed by atoms with van der Waals surface area (Å²) in [6.07, 6.45) is 2.68. The number of carbonyl (C=O) groups is 1. The average Bonchev–Trinajstić information content (AvgIpc) is 2.32. The molecular formula is C12H13N3O3. The summed E-state index contributed by atoms with van der Waals surface area (Å²) in [5.74, 6) is -0.477. The topological polar surface area (TPSA) is 85.1 Å². The average molecular weight is 247 g/mol. The second-order valence-electron chi connectivity index (χ2n) is 4.41. The van der Waals surface area contributed by atoms with Gasteiger partial charge in [0.25, 0.3) is 0 Å². The van der Waals surface area contributed by atoms with Crippen molar-refractivity contribution in [2.24, 2.45) is 7.05 Å². The van der Waals surface area contributed by atoms with Crippen LogP contribution in [0, 0.1) is 0 Å². The summed E-state index contributed by atoms with van der Waals surface area (Å²) >= 11 is 0. The summed E-state index contributed by atoms with van der Waals surface area (Å²) in [6, 6.07) is 0. The van der Waals surface area contributed by atoms with Crippen molar-refractivity contribution in [2.45, 2.75) is 19.8 Å². The summed E-state index contributed by atoms with van der Waals surface area (Å²) in [4.78, 5) is 31.3. The number of aromatic nitrogens is 3. The number of hydrogen-bond acceptors (Lipinski definition) is 4. The predicted octanol–water partition coefficient (Wildman–Crippen LogP) is 1.15. The van der Waals surface area contributed by atoms with Crippen LogP contribution >= 0.6 is 0 Å². The fourth-order valence-corrected chi connectivity index (χ4v) is 1.70. The van der Waals surface area contributed by atoms with Crippen molar-refractivity contribution in [1.29, 1.82) is 0 Å². The number of rotatable bonds is 2. The molecular weight excluding hydrogens is 234 g/mol. The largest absolute Gasteiger partial charge is 0.477 e. The molecule has 0 spiro atoms. The number of nitrogens with zero attached hydrogens (tertiary/aromatic N) is 3. The zero-order valence-corrected chi connectivity index (χ0v) is 10.3. The van der Waals surface area contributed by atoms with Gasteiger partial charge in [-0.05, 0) is 0 Å². The lowest BCUT2D eigenvalue weighted by molar-refractivity contribution is 0.0695. The maximum Gasteiger partial charge on any atom is 0.341 e. The van der Waals surface area contributed by atoms with Crippen molar-refractivity contribution in [3.63, 3.8) is 0 Å². The van der Waals surface area contributed by atoms with Crippen molar-refractivity contribution in [3.8, 4) is 0 Å². The Hall–Kier alpha value is -2.24. The van der Waals surface area contributed by atoms with E-state index in [1.54, 1.807) is 7.05 Å². The third kappa shape index (κ3) is 1.85. The minimum Gasteiger partial charge on any atom is -0.477 e. The minimum atomic E-state index is -1.24. The first kappa shape index (κ1) is 12.2. The van der Waals surface area contributed by atoms with Gasteiger partial charge in [0.15, 0.2) is 0 Å².